The van der Waals surface area contributed by atoms with Gasteiger partial charge in [0.2, 0.25) is 11.7 Å². The number of nitrogens with zero attached hydrogens (tertiary/aromatic N) is 1. The maximum atomic E-state index is 13.9. The number of aromatic nitrogens is 2. The number of amides is 1. The zero-order chi connectivity index (χ0) is 20.7. The fourth-order valence-corrected chi connectivity index (χ4v) is 3.02. The summed E-state index contributed by atoms with van der Waals surface area (Å²) in [6.45, 7) is 0. The van der Waals surface area contributed by atoms with Crippen LogP contribution in [0, 0.1) is 29.1 Å². The largest absolute Gasteiger partial charge is 0.309 e. The molecule has 2 N–H and O–H groups in total. The van der Waals surface area contributed by atoms with Gasteiger partial charge in [-0.25, -0.2) is 22.0 Å². The van der Waals surface area contributed by atoms with Crippen molar-refractivity contribution >= 4 is 11.7 Å². The first kappa shape index (κ1) is 19.1. The summed E-state index contributed by atoms with van der Waals surface area (Å²) in [5.41, 5.74) is 0.255. The third kappa shape index (κ3) is 3.72. The minimum Gasteiger partial charge on any atom is -0.309 e. The summed E-state index contributed by atoms with van der Waals surface area (Å²) in [5, 5.41) is 9.51. The maximum Gasteiger partial charge on any atom is 0.229 e. The fraction of sp³-hybridized carbons (Fsp3) is 0.200. The van der Waals surface area contributed by atoms with Gasteiger partial charge >= 0.3 is 0 Å². The highest BCUT2D eigenvalue weighted by molar-refractivity contribution is 5.91. The Bertz CT molecular complexity index is 1060. The molecule has 150 valence electrons. The van der Waals surface area contributed by atoms with Gasteiger partial charge in [0.1, 0.15) is 0 Å². The van der Waals surface area contributed by atoms with Gasteiger partial charge in [0.15, 0.2) is 29.1 Å². The van der Waals surface area contributed by atoms with E-state index in [9.17, 15) is 26.7 Å². The van der Waals surface area contributed by atoms with Gasteiger partial charge in [-0.2, -0.15) is 5.10 Å². The number of H-pyrrole nitrogens is 1. The van der Waals surface area contributed by atoms with Crippen molar-refractivity contribution in [1.29, 1.82) is 0 Å². The van der Waals surface area contributed by atoms with Gasteiger partial charge in [-0.1, -0.05) is 24.3 Å². The first-order valence-electron chi connectivity index (χ1n) is 8.81. The molecule has 1 aliphatic rings. The molecule has 0 unspecified atom stereocenters. The number of anilines is 1. The third-order valence-corrected chi connectivity index (χ3v) is 4.70. The number of hydrogen-bond donors (Lipinski definition) is 2. The number of halogens is 5. The van der Waals surface area contributed by atoms with Crippen LogP contribution in [0.4, 0.5) is 27.8 Å². The quantitative estimate of drug-likeness (QED) is 0.362. The van der Waals surface area contributed by atoms with Gasteiger partial charge in [-0.15, -0.1) is 0 Å². The molecule has 29 heavy (non-hydrogen) atoms. The molecule has 0 saturated heterocycles. The van der Waals surface area contributed by atoms with Crippen molar-refractivity contribution in [2.24, 2.45) is 0 Å². The topological polar surface area (TPSA) is 57.8 Å². The monoisotopic (exact) mass is 407 g/mol. The van der Waals surface area contributed by atoms with E-state index in [1.165, 1.54) is 24.3 Å². The van der Waals surface area contributed by atoms with Crippen molar-refractivity contribution in [3.05, 3.63) is 70.7 Å². The van der Waals surface area contributed by atoms with E-state index in [-0.39, 0.29) is 17.9 Å². The lowest BCUT2D eigenvalue weighted by Gasteiger charge is -2.09. The van der Waals surface area contributed by atoms with Gasteiger partial charge in [-0.3, -0.25) is 9.89 Å². The molecule has 4 rings (SSSR count). The van der Waals surface area contributed by atoms with Crippen LogP contribution in [0.15, 0.2) is 30.3 Å². The first-order valence-corrected chi connectivity index (χ1v) is 8.81. The number of benzene rings is 2. The Morgan fingerprint density at radius 1 is 0.966 bits per heavy atom. The van der Waals surface area contributed by atoms with Crippen molar-refractivity contribution in [2.75, 3.05) is 5.32 Å². The molecule has 9 heteroatoms. The summed E-state index contributed by atoms with van der Waals surface area (Å²) in [7, 11) is 0. The normalized spacial score (nSPS) is 13.6. The SMILES string of the molecule is O=C(Cc1ccc(-c2c(F)c(F)c(F)c(F)c2F)cc1)Nc1cc(C2CC2)[nH]n1. The van der Waals surface area contributed by atoms with Crippen LogP contribution in [0.5, 0.6) is 0 Å². The number of nitrogens with one attached hydrogen (secondary N) is 2. The summed E-state index contributed by atoms with van der Waals surface area (Å²) >= 11 is 0. The van der Waals surface area contributed by atoms with Crippen LogP contribution in [-0.2, 0) is 11.2 Å². The number of rotatable bonds is 5. The van der Waals surface area contributed by atoms with Gasteiger partial charge in [-0.05, 0) is 24.0 Å². The smallest absolute Gasteiger partial charge is 0.229 e. The minimum atomic E-state index is -2.21. The van der Waals surface area contributed by atoms with Crippen LogP contribution in [0.25, 0.3) is 11.1 Å². The molecule has 2 aromatic carbocycles. The zero-order valence-corrected chi connectivity index (χ0v) is 14.8. The summed E-state index contributed by atoms with van der Waals surface area (Å²) < 4.78 is 67.7. The Morgan fingerprint density at radius 3 is 2.14 bits per heavy atom. The summed E-state index contributed by atoms with van der Waals surface area (Å²) in [4.78, 5) is 12.1. The predicted octanol–water partition coefficient (Wildman–Crippen LogP) is 4.83. The molecule has 0 spiro atoms. The minimum absolute atomic E-state index is 0.0526. The van der Waals surface area contributed by atoms with Gasteiger partial charge in [0.05, 0.1) is 12.0 Å². The van der Waals surface area contributed by atoms with E-state index in [1.807, 2.05) is 0 Å². The standard InChI is InChI=1S/C20H14F5N3O/c21-16-15(17(22)19(24)20(25)18(16)23)11-3-1-9(2-4-11)7-14(29)26-13-8-12(27-28-13)10-5-6-10/h1-4,8,10H,5-7H2,(H2,26,27,28,29). The Hall–Kier alpha value is -3.23. The van der Waals surface area contributed by atoms with Crippen molar-refractivity contribution in [3.63, 3.8) is 0 Å². The Morgan fingerprint density at radius 2 is 1.55 bits per heavy atom. The van der Waals surface area contributed by atoms with Gasteiger partial charge in [0.25, 0.3) is 0 Å². The van der Waals surface area contributed by atoms with E-state index in [1.54, 1.807) is 6.07 Å². The second-order valence-corrected chi connectivity index (χ2v) is 6.85. The Balaban J connectivity index is 1.48. The highest BCUT2D eigenvalue weighted by Crippen LogP contribution is 2.39. The third-order valence-electron chi connectivity index (χ3n) is 4.70. The van der Waals surface area contributed by atoms with Crippen molar-refractivity contribution in [1.82, 2.24) is 10.2 Å². The van der Waals surface area contributed by atoms with Crippen molar-refractivity contribution < 1.29 is 26.7 Å². The number of aromatic amines is 1. The molecule has 1 heterocycles. The maximum absolute atomic E-state index is 13.9. The molecule has 0 aliphatic heterocycles. The van der Waals surface area contributed by atoms with E-state index in [2.05, 4.69) is 15.5 Å². The van der Waals surface area contributed by atoms with Gasteiger partial charge in [0, 0.05) is 17.7 Å². The van der Waals surface area contributed by atoms with Gasteiger partial charge < -0.3 is 5.32 Å². The molecule has 1 aliphatic carbocycles. The fourth-order valence-electron chi connectivity index (χ4n) is 3.02. The molecular formula is C20H14F5N3O. The van der Waals surface area contributed by atoms with E-state index in [0.717, 1.165) is 18.5 Å². The Kier molecular flexibility index (Phi) is 4.81. The average Bonchev–Trinajstić information content (AvgIpc) is 3.46. The lowest BCUT2D eigenvalue weighted by Crippen LogP contribution is -2.14. The van der Waals surface area contributed by atoms with Crippen LogP contribution in [-0.4, -0.2) is 16.1 Å². The molecule has 3 aromatic rings. The first-order chi connectivity index (χ1) is 13.8. The van der Waals surface area contributed by atoms with Crippen LogP contribution in [0.3, 0.4) is 0 Å². The lowest BCUT2D eigenvalue weighted by atomic mass is 10.0. The highest BCUT2D eigenvalue weighted by Gasteiger charge is 2.27. The average molecular weight is 407 g/mol. The van der Waals surface area contributed by atoms with E-state index in [4.69, 9.17) is 0 Å². The lowest BCUT2D eigenvalue weighted by molar-refractivity contribution is -0.115. The predicted molar refractivity (Wildman–Crippen MR) is 94.6 cm³/mol. The van der Waals surface area contributed by atoms with Crippen LogP contribution in [0.2, 0.25) is 0 Å². The number of carbonyl (C=O) groups is 1. The molecule has 4 nitrogen and oxygen atoms in total. The second kappa shape index (κ2) is 7.31. The molecule has 1 amide bonds. The molecule has 1 aromatic heterocycles. The molecule has 1 fully saturated rings. The number of hydrogen-bond acceptors (Lipinski definition) is 2. The molecule has 1 saturated carbocycles. The highest BCUT2D eigenvalue weighted by atomic mass is 19.2. The zero-order valence-electron chi connectivity index (χ0n) is 14.8. The Labute approximate surface area is 161 Å². The van der Waals surface area contributed by atoms with Crippen LogP contribution in [0.1, 0.15) is 30.0 Å². The van der Waals surface area contributed by atoms with Crippen molar-refractivity contribution in [3.8, 4) is 11.1 Å². The molecular weight excluding hydrogens is 393 g/mol. The summed E-state index contributed by atoms with van der Waals surface area (Å²) in [6, 6.07) is 6.92. The molecule has 0 radical (unpaired) electrons. The summed E-state index contributed by atoms with van der Waals surface area (Å²) in [6.07, 6.45) is 2.12. The van der Waals surface area contributed by atoms with E-state index < -0.39 is 34.6 Å². The molecule has 0 atom stereocenters. The molecule has 0 bridgehead atoms. The van der Waals surface area contributed by atoms with Crippen molar-refractivity contribution in [2.45, 2.75) is 25.2 Å². The van der Waals surface area contributed by atoms with E-state index in [0.29, 0.717) is 17.3 Å². The van der Waals surface area contributed by atoms with Crippen LogP contribution < -0.4 is 5.32 Å². The van der Waals surface area contributed by atoms with Crippen LogP contribution >= 0.6 is 0 Å². The summed E-state index contributed by atoms with van der Waals surface area (Å²) in [5.74, 6) is -9.53. The van der Waals surface area contributed by atoms with E-state index >= 15 is 0 Å². The second-order valence-electron chi connectivity index (χ2n) is 6.85. The number of carbonyl (C=O) groups excluding carboxylic acids is 1.